The summed E-state index contributed by atoms with van der Waals surface area (Å²) in [6.45, 7) is 2.51. The van der Waals surface area contributed by atoms with E-state index >= 15 is 0 Å². The number of aryl methyl sites for hydroxylation is 1. The van der Waals surface area contributed by atoms with Crippen LogP contribution in [0.2, 0.25) is 5.02 Å². The highest BCUT2D eigenvalue weighted by Gasteiger charge is 2.01. The molecule has 2 aromatic rings. The Labute approximate surface area is 125 Å². The maximum absolute atomic E-state index is 6.09. The Morgan fingerprint density at radius 1 is 1.10 bits per heavy atom. The third-order valence-electron chi connectivity index (χ3n) is 3.16. The fraction of sp³-hybridized carbons (Fsp3) is 0.294. The van der Waals surface area contributed by atoms with Crippen molar-refractivity contribution in [2.24, 2.45) is 5.73 Å². The van der Waals surface area contributed by atoms with E-state index in [1.54, 1.807) is 0 Å². The zero-order valence-corrected chi connectivity index (χ0v) is 12.4. The molecule has 0 aliphatic heterocycles. The monoisotopic (exact) mass is 289 g/mol. The summed E-state index contributed by atoms with van der Waals surface area (Å²) >= 11 is 6.09. The van der Waals surface area contributed by atoms with Crippen LogP contribution in [0.15, 0.2) is 48.5 Å². The lowest BCUT2D eigenvalue weighted by atomic mass is 10.1. The Morgan fingerprint density at radius 3 is 2.45 bits per heavy atom. The molecule has 0 saturated carbocycles. The topological polar surface area (TPSA) is 35.2 Å². The van der Waals surface area contributed by atoms with Crippen LogP contribution in [0.4, 0.5) is 0 Å². The van der Waals surface area contributed by atoms with E-state index in [0.29, 0.717) is 6.61 Å². The fourth-order valence-corrected chi connectivity index (χ4v) is 2.11. The van der Waals surface area contributed by atoms with E-state index in [1.807, 2.05) is 43.3 Å². The lowest BCUT2D eigenvalue weighted by molar-refractivity contribution is 0.306. The van der Waals surface area contributed by atoms with Gasteiger partial charge in [-0.2, -0.15) is 0 Å². The standard InChI is InChI=1S/C17H20ClNO/c1-13(19)6-7-14-8-10-16(11-9-14)20-12-15-4-2-3-5-17(15)18/h2-5,8-11,13H,6-7,12,19H2,1H3. The Kier molecular flexibility index (Phi) is 5.45. The Bertz CT molecular complexity index is 537. The number of nitrogens with two attached hydrogens (primary N) is 1. The molecule has 0 aliphatic rings. The van der Waals surface area contributed by atoms with Crippen molar-refractivity contribution < 1.29 is 4.74 Å². The molecule has 2 nitrogen and oxygen atoms in total. The van der Waals surface area contributed by atoms with E-state index in [4.69, 9.17) is 22.1 Å². The predicted octanol–water partition coefficient (Wildman–Crippen LogP) is 4.20. The molecule has 20 heavy (non-hydrogen) atoms. The van der Waals surface area contributed by atoms with Crippen molar-refractivity contribution in [1.29, 1.82) is 0 Å². The molecule has 0 amide bonds. The van der Waals surface area contributed by atoms with Gasteiger partial charge in [0.05, 0.1) is 0 Å². The normalized spacial score (nSPS) is 12.2. The van der Waals surface area contributed by atoms with Crippen LogP contribution in [0.1, 0.15) is 24.5 Å². The summed E-state index contributed by atoms with van der Waals surface area (Å²) in [6.07, 6.45) is 2.00. The number of rotatable bonds is 6. The summed E-state index contributed by atoms with van der Waals surface area (Å²) in [5.41, 5.74) is 8.04. The molecule has 0 aromatic heterocycles. The minimum absolute atomic E-state index is 0.242. The highest BCUT2D eigenvalue weighted by molar-refractivity contribution is 6.31. The molecule has 3 heteroatoms. The Hall–Kier alpha value is -1.51. The van der Waals surface area contributed by atoms with E-state index in [-0.39, 0.29) is 6.04 Å². The van der Waals surface area contributed by atoms with Crippen LogP contribution >= 0.6 is 11.6 Å². The van der Waals surface area contributed by atoms with Gasteiger partial charge in [0.2, 0.25) is 0 Å². The van der Waals surface area contributed by atoms with E-state index < -0.39 is 0 Å². The van der Waals surface area contributed by atoms with Gasteiger partial charge in [-0.1, -0.05) is 41.9 Å². The number of hydrogen-bond donors (Lipinski definition) is 1. The summed E-state index contributed by atoms with van der Waals surface area (Å²) < 4.78 is 5.74. The first kappa shape index (κ1) is 14.9. The van der Waals surface area contributed by atoms with Crippen molar-refractivity contribution in [1.82, 2.24) is 0 Å². The number of halogens is 1. The van der Waals surface area contributed by atoms with Crippen molar-refractivity contribution >= 4 is 11.6 Å². The molecule has 2 N–H and O–H groups in total. The highest BCUT2D eigenvalue weighted by atomic mass is 35.5. The van der Waals surface area contributed by atoms with E-state index in [9.17, 15) is 0 Å². The molecule has 0 saturated heterocycles. The van der Waals surface area contributed by atoms with Crippen molar-refractivity contribution in [3.8, 4) is 5.75 Å². The average molecular weight is 290 g/mol. The Morgan fingerprint density at radius 2 is 1.80 bits per heavy atom. The summed E-state index contributed by atoms with van der Waals surface area (Å²) in [7, 11) is 0. The van der Waals surface area contributed by atoms with Crippen LogP contribution in [-0.2, 0) is 13.0 Å². The highest BCUT2D eigenvalue weighted by Crippen LogP contribution is 2.19. The zero-order chi connectivity index (χ0) is 14.4. The van der Waals surface area contributed by atoms with Gasteiger partial charge in [-0.15, -0.1) is 0 Å². The molecule has 0 spiro atoms. The van der Waals surface area contributed by atoms with Gasteiger partial charge in [-0.05, 0) is 43.5 Å². The van der Waals surface area contributed by atoms with Crippen LogP contribution in [0.3, 0.4) is 0 Å². The van der Waals surface area contributed by atoms with Gasteiger partial charge >= 0.3 is 0 Å². The quantitative estimate of drug-likeness (QED) is 0.865. The molecule has 106 valence electrons. The van der Waals surface area contributed by atoms with Crippen LogP contribution < -0.4 is 10.5 Å². The van der Waals surface area contributed by atoms with Gasteiger partial charge in [0, 0.05) is 16.6 Å². The summed E-state index contributed by atoms with van der Waals surface area (Å²) in [5.74, 6) is 0.856. The maximum Gasteiger partial charge on any atom is 0.119 e. The second kappa shape index (κ2) is 7.32. The molecule has 0 fully saturated rings. The van der Waals surface area contributed by atoms with Crippen LogP contribution in [0, 0.1) is 0 Å². The maximum atomic E-state index is 6.09. The van der Waals surface area contributed by atoms with Crippen LogP contribution in [-0.4, -0.2) is 6.04 Å². The molecular formula is C17H20ClNO. The number of ether oxygens (including phenoxy) is 1. The average Bonchev–Trinajstić information content (AvgIpc) is 2.45. The summed E-state index contributed by atoms with van der Waals surface area (Å²) in [5, 5.41) is 0.737. The van der Waals surface area contributed by atoms with Crippen molar-refractivity contribution in [2.45, 2.75) is 32.4 Å². The fourth-order valence-electron chi connectivity index (χ4n) is 1.92. The van der Waals surface area contributed by atoms with Crippen LogP contribution in [0.5, 0.6) is 5.75 Å². The predicted molar refractivity (Wildman–Crippen MR) is 84.2 cm³/mol. The molecular weight excluding hydrogens is 270 g/mol. The van der Waals surface area contributed by atoms with Crippen molar-refractivity contribution in [3.63, 3.8) is 0 Å². The SMILES string of the molecule is CC(N)CCc1ccc(OCc2ccccc2Cl)cc1. The summed E-state index contributed by atoms with van der Waals surface area (Å²) in [6, 6.07) is 16.1. The van der Waals surface area contributed by atoms with Gasteiger partial charge in [0.15, 0.2) is 0 Å². The molecule has 0 radical (unpaired) electrons. The van der Waals surface area contributed by atoms with Crippen LogP contribution in [0.25, 0.3) is 0 Å². The second-order valence-electron chi connectivity index (χ2n) is 5.04. The minimum Gasteiger partial charge on any atom is -0.489 e. The molecule has 0 bridgehead atoms. The largest absolute Gasteiger partial charge is 0.489 e. The lowest BCUT2D eigenvalue weighted by Gasteiger charge is -2.09. The smallest absolute Gasteiger partial charge is 0.119 e. The molecule has 2 rings (SSSR count). The molecule has 0 aliphatic carbocycles. The Balaban J connectivity index is 1.89. The van der Waals surface area contributed by atoms with E-state index in [2.05, 4.69) is 12.1 Å². The zero-order valence-electron chi connectivity index (χ0n) is 11.7. The molecule has 1 unspecified atom stereocenters. The van der Waals surface area contributed by atoms with E-state index in [0.717, 1.165) is 29.2 Å². The molecule has 1 atom stereocenters. The third-order valence-corrected chi connectivity index (χ3v) is 3.53. The minimum atomic E-state index is 0.242. The first-order chi connectivity index (χ1) is 9.65. The number of hydrogen-bond acceptors (Lipinski definition) is 2. The van der Waals surface area contributed by atoms with Crippen molar-refractivity contribution in [2.75, 3.05) is 0 Å². The first-order valence-corrected chi connectivity index (χ1v) is 7.23. The molecule has 2 aromatic carbocycles. The third kappa shape index (κ3) is 4.55. The number of benzene rings is 2. The van der Waals surface area contributed by atoms with Gasteiger partial charge < -0.3 is 10.5 Å². The lowest BCUT2D eigenvalue weighted by Crippen LogP contribution is -2.15. The summed E-state index contributed by atoms with van der Waals surface area (Å²) in [4.78, 5) is 0. The molecule has 0 heterocycles. The van der Waals surface area contributed by atoms with Gasteiger partial charge in [0.1, 0.15) is 12.4 Å². The van der Waals surface area contributed by atoms with Gasteiger partial charge in [-0.3, -0.25) is 0 Å². The second-order valence-corrected chi connectivity index (χ2v) is 5.45. The van der Waals surface area contributed by atoms with Gasteiger partial charge in [0.25, 0.3) is 0 Å². The van der Waals surface area contributed by atoms with E-state index in [1.165, 1.54) is 5.56 Å². The van der Waals surface area contributed by atoms with Crippen molar-refractivity contribution in [3.05, 3.63) is 64.7 Å². The first-order valence-electron chi connectivity index (χ1n) is 6.86. The van der Waals surface area contributed by atoms with Gasteiger partial charge in [-0.25, -0.2) is 0 Å².